The average molecular weight is 420 g/mol. The number of methoxy groups -OCH3 is 2. The Kier molecular flexibility index (Phi) is 7.16. The van der Waals surface area contributed by atoms with E-state index in [1.54, 1.807) is 50.6 Å². The molecule has 0 spiro atoms. The van der Waals surface area contributed by atoms with E-state index in [4.69, 9.17) is 9.47 Å². The Hall–Kier alpha value is -2.87. The summed E-state index contributed by atoms with van der Waals surface area (Å²) in [6.45, 7) is -0.197. The molecule has 8 heteroatoms. The highest BCUT2D eigenvalue weighted by atomic mass is 79.9. The minimum absolute atomic E-state index is 0.197. The van der Waals surface area contributed by atoms with Crippen LogP contribution in [0.15, 0.2) is 52.0 Å². The zero-order valence-electron chi connectivity index (χ0n) is 14.3. The molecule has 0 atom stereocenters. The van der Waals surface area contributed by atoms with Crippen LogP contribution in [0.2, 0.25) is 0 Å². The minimum atomic E-state index is -0.447. The van der Waals surface area contributed by atoms with Gasteiger partial charge < -0.3 is 14.8 Å². The molecule has 0 aliphatic heterocycles. The second-order valence-electron chi connectivity index (χ2n) is 5.09. The van der Waals surface area contributed by atoms with Crippen LogP contribution in [0.1, 0.15) is 15.9 Å². The van der Waals surface area contributed by atoms with E-state index in [0.29, 0.717) is 22.6 Å². The zero-order chi connectivity index (χ0) is 18.9. The van der Waals surface area contributed by atoms with E-state index < -0.39 is 5.91 Å². The molecular weight excluding hydrogens is 402 g/mol. The van der Waals surface area contributed by atoms with Crippen LogP contribution in [0.5, 0.6) is 11.5 Å². The van der Waals surface area contributed by atoms with Crippen molar-refractivity contribution in [3.8, 4) is 11.5 Å². The first-order valence-electron chi connectivity index (χ1n) is 7.61. The van der Waals surface area contributed by atoms with E-state index in [1.165, 1.54) is 6.21 Å². The molecule has 136 valence electrons. The molecule has 0 bridgehead atoms. The number of rotatable bonds is 7. The summed E-state index contributed by atoms with van der Waals surface area (Å²) in [7, 11) is 3.09. The molecular formula is C18H18BrN3O4. The van der Waals surface area contributed by atoms with Gasteiger partial charge in [0, 0.05) is 15.6 Å². The summed E-state index contributed by atoms with van der Waals surface area (Å²) in [5.41, 5.74) is 3.48. The van der Waals surface area contributed by atoms with Crippen molar-refractivity contribution in [2.24, 2.45) is 5.10 Å². The van der Waals surface area contributed by atoms with E-state index in [0.717, 1.165) is 4.47 Å². The number of ether oxygens (including phenoxy) is 2. The standard InChI is InChI=1S/C18H18BrN3O4/c1-25-15-6-3-12(4-7-15)18(24)20-11-17(23)22-21-10-13-9-14(19)5-8-16(13)26-2/h3-10H,11H2,1-2H3,(H,20,24)(H,22,23)/b21-10-. The zero-order valence-corrected chi connectivity index (χ0v) is 15.9. The fourth-order valence-electron chi connectivity index (χ4n) is 2.02. The molecule has 2 N–H and O–H groups in total. The Morgan fingerprint density at radius 1 is 1.12 bits per heavy atom. The number of nitrogens with zero attached hydrogens (tertiary/aromatic N) is 1. The molecule has 0 saturated carbocycles. The van der Waals surface area contributed by atoms with Crippen LogP contribution in [-0.2, 0) is 4.79 Å². The van der Waals surface area contributed by atoms with Gasteiger partial charge in [0.05, 0.1) is 27.0 Å². The Balaban J connectivity index is 1.85. The van der Waals surface area contributed by atoms with Gasteiger partial charge in [0.2, 0.25) is 0 Å². The van der Waals surface area contributed by atoms with Crippen molar-refractivity contribution in [3.05, 3.63) is 58.1 Å². The Morgan fingerprint density at radius 2 is 1.85 bits per heavy atom. The van der Waals surface area contributed by atoms with Crippen LogP contribution in [-0.4, -0.2) is 38.8 Å². The van der Waals surface area contributed by atoms with Crippen molar-refractivity contribution < 1.29 is 19.1 Å². The lowest BCUT2D eigenvalue weighted by atomic mass is 10.2. The fraction of sp³-hybridized carbons (Fsp3) is 0.167. The lowest BCUT2D eigenvalue weighted by molar-refractivity contribution is -0.120. The molecule has 0 unspecified atom stereocenters. The third-order valence-corrected chi connectivity index (χ3v) is 3.84. The molecule has 0 aliphatic carbocycles. The SMILES string of the molecule is COc1ccc(C(=O)NCC(=O)N/N=C\c2cc(Br)ccc2OC)cc1. The number of carbonyl (C=O) groups is 2. The van der Waals surface area contributed by atoms with E-state index >= 15 is 0 Å². The van der Waals surface area contributed by atoms with E-state index in [-0.39, 0.29) is 12.5 Å². The summed E-state index contributed by atoms with van der Waals surface area (Å²) >= 11 is 3.36. The number of hydrogen-bond donors (Lipinski definition) is 2. The maximum absolute atomic E-state index is 12.0. The van der Waals surface area contributed by atoms with Crippen molar-refractivity contribution in [1.82, 2.24) is 10.7 Å². The summed E-state index contributed by atoms with van der Waals surface area (Å²) in [5.74, 6) is 0.466. The van der Waals surface area contributed by atoms with Crippen molar-refractivity contribution in [1.29, 1.82) is 0 Å². The lowest BCUT2D eigenvalue weighted by Gasteiger charge is -2.06. The van der Waals surface area contributed by atoms with Gasteiger partial charge in [0.25, 0.3) is 11.8 Å². The van der Waals surface area contributed by atoms with Gasteiger partial charge in [-0.1, -0.05) is 15.9 Å². The maximum atomic E-state index is 12.0. The van der Waals surface area contributed by atoms with Gasteiger partial charge in [-0.3, -0.25) is 9.59 Å². The lowest BCUT2D eigenvalue weighted by Crippen LogP contribution is -2.34. The van der Waals surface area contributed by atoms with Crippen molar-refractivity contribution in [3.63, 3.8) is 0 Å². The quantitative estimate of drug-likeness (QED) is 0.532. The highest BCUT2D eigenvalue weighted by Gasteiger charge is 2.08. The second kappa shape index (κ2) is 9.57. The summed E-state index contributed by atoms with van der Waals surface area (Å²) in [6, 6.07) is 12.0. The first-order chi connectivity index (χ1) is 12.5. The van der Waals surface area contributed by atoms with E-state index in [1.807, 2.05) is 6.07 Å². The van der Waals surface area contributed by atoms with Crippen LogP contribution in [0.4, 0.5) is 0 Å². The largest absolute Gasteiger partial charge is 0.497 e. The molecule has 26 heavy (non-hydrogen) atoms. The van der Waals surface area contributed by atoms with Crippen LogP contribution < -0.4 is 20.2 Å². The number of hydrazone groups is 1. The van der Waals surface area contributed by atoms with Gasteiger partial charge >= 0.3 is 0 Å². The Bertz CT molecular complexity index is 807. The molecule has 0 radical (unpaired) electrons. The van der Waals surface area contributed by atoms with Crippen molar-refractivity contribution in [2.75, 3.05) is 20.8 Å². The summed E-state index contributed by atoms with van der Waals surface area (Å²) in [5, 5.41) is 6.39. The third-order valence-electron chi connectivity index (χ3n) is 3.35. The van der Waals surface area contributed by atoms with Gasteiger partial charge in [-0.2, -0.15) is 5.10 Å². The predicted octanol–water partition coefficient (Wildman–Crippen LogP) is 2.35. The van der Waals surface area contributed by atoms with Gasteiger partial charge in [0.15, 0.2) is 0 Å². The Morgan fingerprint density at radius 3 is 2.50 bits per heavy atom. The van der Waals surface area contributed by atoms with Crippen LogP contribution in [0, 0.1) is 0 Å². The molecule has 2 aromatic rings. The van der Waals surface area contributed by atoms with Gasteiger partial charge in [-0.15, -0.1) is 0 Å². The summed E-state index contributed by atoms with van der Waals surface area (Å²) in [6.07, 6.45) is 1.47. The first-order valence-corrected chi connectivity index (χ1v) is 8.40. The van der Waals surface area contributed by atoms with Crippen molar-refractivity contribution in [2.45, 2.75) is 0 Å². The normalized spacial score (nSPS) is 10.4. The number of benzene rings is 2. The smallest absolute Gasteiger partial charge is 0.259 e. The first kappa shape index (κ1) is 19.5. The predicted molar refractivity (Wildman–Crippen MR) is 102 cm³/mol. The third kappa shape index (κ3) is 5.59. The summed E-state index contributed by atoms with van der Waals surface area (Å²) < 4.78 is 11.1. The van der Waals surface area contributed by atoms with Crippen LogP contribution >= 0.6 is 15.9 Å². The second-order valence-corrected chi connectivity index (χ2v) is 6.01. The summed E-state index contributed by atoms with van der Waals surface area (Å²) in [4.78, 5) is 23.8. The van der Waals surface area contributed by atoms with Gasteiger partial charge in [-0.25, -0.2) is 5.43 Å². The molecule has 2 amide bonds. The molecule has 2 aromatic carbocycles. The highest BCUT2D eigenvalue weighted by molar-refractivity contribution is 9.10. The molecule has 2 rings (SSSR count). The molecule has 0 aliphatic rings. The molecule has 7 nitrogen and oxygen atoms in total. The number of carbonyl (C=O) groups excluding carboxylic acids is 2. The van der Waals surface area contributed by atoms with Crippen LogP contribution in [0.25, 0.3) is 0 Å². The van der Waals surface area contributed by atoms with Crippen LogP contribution in [0.3, 0.4) is 0 Å². The highest BCUT2D eigenvalue weighted by Crippen LogP contribution is 2.21. The number of amides is 2. The van der Waals surface area contributed by atoms with E-state index in [9.17, 15) is 9.59 Å². The molecule has 0 aromatic heterocycles. The average Bonchev–Trinajstić information content (AvgIpc) is 2.66. The molecule has 0 heterocycles. The number of nitrogens with one attached hydrogen (secondary N) is 2. The monoisotopic (exact) mass is 419 g/mol. The topological polar surface area (TPSA) is 89.0 Å². The number of halogens is 1. The number of hydrogen-bond acceptors (Lipinski definition) is 5. The molecule has 0 fully saturated rings. The molecule has 0 saturated heterocycles. The Labute approximate surface area is 159 Å². The minimum Gasteiger partial charge on any atom is -0.497 e. The van der Waals surface area contributed by atoms with Gasteiger partial charge in [-0.05, 0) is 42.5 Å². The van der Waals surface area contributed by atoms with E-state index in [2.05, 4.69) is 31.8 Å². The van der Waals surface area contributed by atoms with Gasteiger partial charge in [0.1, 0.15) is 11.5 Å². The van der Waals surface area contributed by atoms with Crippen molar-refractivity contribution >= 4 is 34.0 Å². The maximum Gasteiger partial charge on any atom is 0.259 e. The fourth-order valence-corrected chi connectivity index (χ4v) is 2.40.